The van der Waals surface area contributed by atoms with Crippen molar-refractivity contribution in [2.75, 3.05) is 6.61 Å². The molecule has 1 unspecified atom stereocenters. The molecule has 7 heteroatoms. The van der Waals surface area contributed by atoms with E-state index in [0.29, 0.717) is 28.9 Å². The van der Waals surface area contributed by atoms with Crippen molar-refractivity contribution in [2.24, 2.45) is 0 Å². The quantitative estimate of drug-likeness (QED) is 0.345. The van der Waals surface area contributed by atoms with Gasteiger partial charge in [-0.15, -0.1) is 0 Å². The number of hydrogen-bond donors (Lipinski definition) is 0. The Morgan fingerprint density at radius 3 is 2.62 bits per heavy atom. The van der Waals surface area contributed by atoms with Crippen LogP contribution in [-0.2, 0) is 6.54 Å². The van der Waals surface area contributed by atoms with Gasteiger partial charge in [-0.1, -0.05) is 35.0 Å². The Bertz CT molecular complexity index is 1340. The van der Waals surface area contributed by atoms with Crippen LogP contribution in [0.5, 0.6) is 5.75 Å². The molecule has 0 fully saturated rings. The lowest BCUT2D eigenvalue weighted by molar-refractivity contribution is 0.0701. The first kappa shape index (κ1) is 20.6. The molecule has 0 bridgehead atoms. The number of benzene rings is 2. The molecule has 2 aromatic carbocycles. The zero-order valence-corrected chi connectivity index (χ0v) is 18.9. The lowest BCUT2D eigenvalue weighted by Crippen LogP contribution is -2.29. The number of fused-ring (bicyclic) bond motifs is 2. The molecule has 162 valence electrons. The number of halogens is 1. The molecular formula is C25H20BrNO5. The van der Waals surface area contributed by atoms with Gasteiger partial charge in [-0.3, -0.25) is 9.59 Å². The highest BCUT2D eigenvalue weighted by atomic mass is 79.9. The van der Waals surface area contributed by atoms with E-state index in [9.17, 15) is 9.59 Å². The number of hydrogen-bond acceptors (Lipinski definition) is 5. The number of ether oxygens (including phenoxy) is 1. The first-order valence-corrected chi connectivity index (χ1v) is 11.2. The molecule has 3 heterocycles. The molecule has 0 radical (unpaired) electrons. The second-order valence-corrected chi connectivity index (χ2v) is 8.56. The Kier molecular flexibility index (Phi) is 5.35. The maximum atomic E-state index is 13.6. The maximum Gasteiger partial charge on any atom is 0.291 e. The maximum absolute atomic E-state index is 13.6. The fourth-order valence-corrected chi connectivity index (χ4v) is 4.40. The molecule has 0 saturated heterocycles. The largest absolute Gasteiger partial charge is 0.494 e. The summed E-state index contributed by atoms with van der Waals surface area (Å²) in [5.41, 5.74) is 1.31. The lowest BCUT2D eigenvalue weighted by atomic mass is 9.98. The molecule has 1 amide bonds. The molecule has 0 spiro atoms. The van der Waals surface area contributed by atoms with Gasteiger partial charge in [0, 0.05) is 4.47 Å². The van der Waals surface area contributed by atoms with Crippen molar-refractivity contribution >= 4 is 32.8 Å². The second kappa shape index (κ2) is 8.31. The molecule has 6 nitrogen and oxygen atoms in total. The Morgan fingerprint density at radius 2 is 1.91 bits per heavy atom. The lowest BCUT2D eigenvalue weighted by Gasteiger charge is -2.24. The molecule has 2 aromatic heterocycles. The number of carbonyl (C=O) groups is 1. The summed E-state index contributed by atoms with van der Waals surface area (Å²) < 4.78 is 17.9. The summed E-state index contributed by atoms with van der Waals surface area (Å²) >= 11 is 3.42. The fraction of sp³-hybridized carbons (Fsp3) is 0.200. The highest BCUT2D eigenvalue weighted by molar-refractivity contribution is 9.10. The molecule has 0 saturated carbocycles. The molecule has 5 rings (SSSR count). The summed E-state index contributed by atoms with van der Waals surface area (Å²) in [5.74, 6) is 1.10. The van der Waals surface area contributed by atoms with Gasteiger partial charge in [-0.05, 0) is 54.4 Å². The van der Waals surface area contributed by atoms with Crippen LogP contribution in [0.3, 0.4) is 0 Å². The molecule has 4 aromatic rings. The average molecular weight is 494 g/mol. The number of nitrogens with zero attached hydrogens (tertiary/aromatic N) is 1. The van der Waals surface area contributed by atoms with Crippen LogP contribution >= 0.6 is 15.9 Å². The molecule has 32 heavy (non-hydrogen) atoms. The van der Waals surface area contributed by atoms with Crippen LogP contribution in [-0.4, -0.2) is 17.4 Å². The minimum atomic E-state index is -0.595. The van der Waals surface area contributed by atoms with E-state index >= 15 is 0 Å². The minimum absolute atomic E-state index is 0.0766. The van der Waals surface area contributed by atoms with E-state index in [1.54, 1.807) is 41.5 Å². The molecule has 1 aliphatic rings. The predicted octanol–water partition coefficient (Wildman–Crippen LogP) is 5.68. The smallest absolute Gasteiger partial charge is 0.291 e. The number of furan rings is 1. The number of carbonyl (C=O) groups excluding carboxylic acids is 1. The van der Waals surface area contributed by atoms with Crippen molar-refractivity contribution in [3.05, 3.63) is 98.2 Å². The first-order chi connectivity index (χ1) is 15.6. The van der Waals surface area contributed by atoms with Crippen molar-refractivity contribution in [1.29, 1.82) is 0 Å². The summed E-state index contributed by atoms with van der Waals surface area (Å²) in [5, 5.41) is 0.429. The van der Waals surface area contributed by atoms with E-state index in [1.165, 1.54) is 0 Å². The minimum Gasteiger partial charge on any atom is -0.494 e. The molecular weight excluding hydrogens is 474 g/mol. The highest BCUT2D eigenvalue weighted by Gasteiger charge is 2.43. The van der Waals surface area contributed by atoms with Crippen LogP contribution in [0.15, 0.2) is 79.0 Å². The van der Waals surface area contributed by atoms with Crippen LogP contribution in [0.1, 0.15) is 46.8 Å². The third kappa shape index (κ3) is 3.52. The summed E-state index contributed by atoms with van der Waals surface area (Å²) in [7, 11) is 0. The topological polar surface area (TPSA) is 72.9 Å². The monoisotopic (exact) mass is 493 g/mol. The summed E-state index contributed by atoms with van der Waals surface area (Å²) in [6.07, 6.45) is 2.47. The van der Waals surface area contributed by atoms with Crippen LogP contribution in [0.2, 0.25) is 0 Å². The Labute approximate surface area is 192 Å². The molecule has 0 aliphatic carbocycles. The van der Waals surface area contributed by atoms with Crippen LogP contribution in [0, 0.1) is 0 Å². The van der Waals surface area contributed by atoms with Crippen molar-refractivity contribution in [3.8, 4) is 5.75 Å². The Morgan fingerprint density at radius 1 is 1.09 bits per heavy atom. The zero-order chi connectivity index (χ0) is 22.2. The van der Waals surface area contributed by atoms with Crippen LogP contribution in [0.25, 0.3) is 11.0 Å². The Hall–Kier alpha value is -3.32. The molecule has 1 aliphatic heterocycles. The van der Waals surface area contributed by atoms with Crippen molar-refractivity contribution < 1.29 is 18.4 Å². The van der Waals surface area contributed by atoms with Gasteiger partial charge in [-0.2, -0.15) is 0 Å². The van der Waals surface area contributed by atoms with E-state index in [0.717, 1.165) is 22.2 Å². The number of amides is 1. The molecule has 0 N–H and O–H groups in total. The first-order valence-electron chi connectivity index (χ1n) is 10.4. The summed E-state index contributed by atoms with van der Waals surface area (Å²) in [4.78, 5) is 28.6. The van der Waals surface area contributed by atoms with Crippen molar-refractivity contribution in [1.82, 2.24) is 4.90 Å². The van der Waals surface area contributed by atoms with Gasteiger partial charge < -0.3 is 18.5 Å². The van der Waals surface area contributed by atoms with Gasteiger partial charge >= 0.3 is 0 Å². The van der Waals surface area contributed by atoms with E-state index in [2.05, 4.69) is 15.9 Å². The normalized spacial score (nSPS) is 15.4. The average Bonchev–Trinajstić information content (AvgIpc) is 3.41. The van der Waals surface area contributed by atoms with Gasteiger partial charge in [0.15, 0.2) is 5.43 Å². The van der Waals surface area contributed by atoms with Crippen molar-refractivity contribution in [2.45, 2.75) is 25.9 Å². The fourth-order valence-electron chi connectivity index (χ4n) is 4.04. The standard InChI is InChI=1S/C25H20BrNO5/c1-2-11-30-17-8-5-15(6-9-17)22-21-23(28)19-13-16(26)7-10-20(19)32-24(21)25(29)27(22)14-18-4-3-12-31-18/h3-10,12-13,22H,2,11,14H2,1H3. The highest BCUT2D eigenvalue weighted by Crippen LogP contribution is 2.39. The third-order valence-electron chi connectivity index (χ3n) is 5.50. The van der Waals surface area contributed by atoms with Gasteiger partial charge in [0.1, 0.15) is 17.1 Å². The van der Waals surface area contributed by atoms with Crippen molar-refractivity contribution in [3.63, 3.8) is 0 Å². The predicted molar refractivity (Wildman–Crippen MR) is 123 cm³/mol. The van der Waals surface area contributed by atoms with Crippen LogP contribution < -0.4 is 10.2 Å². The second-order valence-electron chi connectivity index (χ2n) is 7.65. The summed E-state index contributed by atoms with van der Waals surface area (Å²) in [6, 6.07) is 15.7. The van der Waals surface area contributed by atoms with E-state index < -0.39 is 6.04 Å². The van der Waals surface area contributed by atoms with Gasteiger partial charge in [-0.25, -0.2) is 0 Å². The third-order valence-corrected chi connectivity index (χ3v) is 6.00. The number of rotatable bonds is 6. The van der Waals surface area contributed by atoms with E-state index in [-0.39, 0.29) is 23.6 Å². The van der Waals surface area contributed by atoms with E-state index in [4.69, 9.17) is 13.6 Å². The zero-order valence-electron chi connectivity index (χ0n) is 17.3. The molecule has 1 atom stereocenters. The van der Waals surface area contributed by atoms with Gasteiger partial charge in [0.2, 0.25) is 5.76 Å². The summed E-state index contributed by atoms with van der Waals surface area (Å²) in [6.45, 7) is 2.89. The Balaban J connectivity index is 1.66. The van der Waals surface area contributed by atoms with Gasteiger partial charge in [0.05, 0.1) is 36.4 Å². The SMILES string of the molecule is CCCOc1ccc(C2c3c(oc4ccc(Br)cc4c3=O)C(=O)N2Cc2ccco2)cc1. The van der Waals surface area contributed by atoms with Gasteiger partial charge in [0.25, 0.3) is 5.91 Å². The van der Waals surface area contributed by atoms with E-state index in [1.807, 2.05) is 31.2 Å². The van der Waals surface area contributed by atoms with Crippen LogP contribution in [0.4, 0.5) is 0 Å².